The molecule has 0 N–H and O–H groups in total. The van der Waals surface area contributed by atoms with Gasteiger partial charge in [-0.3, -0.25) is 0 Å². The summed E-state index contributed by atoms with van der Waals surface area (Å²) in [6.07, 6.45) is 18.6. The summed E-state index contributed by atoms with van der Waals surface area (Å²) in [5, 5.41) is 0. The number of ether oxygens (including phenoxy) is 1. The van der Waals surface area contributed by atoms with Crippen LogP contribution in [0.2, 0.25) is 0 Å². The van der Waals surface area contributed by atoms with Crippen LogP contribution in [0.25, 0.3) is 6.08 Å². The molecule has 0 radical (unpaired) electrons. The molecule has 2 heteroatoms. The summed E-state index contributed by atoms with van der Waals surface area (Å²) in [6.45, 7) is 8.54. The second-order valence-corrected chi connectivity index (χ2v) is 8.05. The molecular weight excluding hydrogens is 380 g/mol. The minimum absolute atomic E-state index is 0.320. The molecule has 0 aromatic heterocycles. The molecule has 0 amide bonds. The van der Waals surface area contributed by atoms with E-state index in [4.69, 9.17) is 4.74 Å². The molecule has 0 bridgehead atoms. The van der Waals surface area contributed by atoms with Crippen molar-refractivity contribution in [3.05, 3.63) is 124 Å². The summed E-state index contributed by atoms with van der Waals surface area (Å²) in [4.78, 5) is 12.6. The molecule has 0 unspecified atom stereocenters. The number of allylic oxidation sites excluding steroid dienone is 13. The Morgan fingerprint density at radius 1 is 0.968 bits per heavy atom. The van der Waals surface area contributed by atoms with Crippen molar-refractivity contribution in [2.75, 3.05) is 7.11 Å². The molecule has 0 heterocycles. The van der Waals surface area contributed by atoms with Gasteiger partial charge in [0.15, 0.2) is 0 Å². The monoisotopic (exact) mass is 410 g/mol. The average Bonchev–Trinajstić information content (AvgIpc) is 3.02. The Morgan fingerprint density at radius 2 is 1.68 bits per heavy atom. The van der Waals surface area contributed by atoms with Gasteiger partial charge in [0.1, 0.15) is 0 Å². The van der Waals surface area contributed by atoms with Crippen LogP contribution in [-0.2, 0) is 9.53 Å². The average molecular weight is 411 g/mol. The fourth-order valence-electron chi connectivity index (χ4n) is 3.70. The van der Waals surface area contributed by atoms with Gasteiger partial charge in [0.25, 0.3) is 0 Å². The Kier molecular flexibility index (Phi) is 7.25. The molecule has 158 valence electrons. The fourth-order valence-corrected chi connectivity index (χ4v) is 3.70. The lowest BCUT2D eigenvalue weighted by molar-refractivity contribution is -0.135. The van der Waals surface area contributed by atoms with E-state index in [1.807, 2.05) is 42.5 Å². The summed E-state index contributed by atoms with van der Waals surface area (Å²) in [6, 6.07) is 10.2. The number of methoxy groups -OCH3 is 1. The van der Waals surface area contributed by atoms with E-state index in [1.54, 1.807) is 0 Å². The summed E-state index contributed by atoms with van der Waals surface area (Å²) in [5.74, 6) is 0.0641. The molecule has 0 fully saturated rings. The highest BCUT2D eigenvalue weighted by molar-refractivity contribution is 5.96. The molecule has 31 heavy (non-hydrogen) atoms. The zero-order chi connectivity index (χ0) is 22.4. The van der Waals surface area contributed by atoms with E-state index in [2.05, 4.69) is 70.2 Å². The molecular formula is C29H30O2. The zero-order valence-corrected chi connectivity index (χ0v) is 19.0. The van der Waals surface area contributed by atoms with Crippen molar-refractivity contribution in [2.24, 2.45) is 5.92 Å². The minimum Gasteiger partial charge on any atom is -0.465 e. The van der Waals surface area contributed by atoms with Crippen molar-refractivity contribution < 1.29 is 9.53 Å². The molecule has 1 aromatic carbocycles. The number of hydrogen-bond acceptors (Lipinski definition) is 2. The maximum absolute atomic E-state index is 12.6. The third kappa shape index (κ3) is 5.21. The van der Waals surface area contributed by atoms with Gasteiger partial charge in [-0.25, -0.2) is 4.79 Å². The van der Waals surface area contributed by atoms with E-state index in [0.29, 0.717) is 11.5 Å². The molecule has 0 spiro atoms. The van der Waals surface area contributed by atoms with Gasteiger partial charge in [-0.15, -0.1) is 0 Å². The Morgan fingerprint density at radius 3 is 2.35 bits per heavy atom. The van der Waals surface area contributed by atoms with E-state index < -0.39 is 0 Å². The minimum atomic E-state index is -0.320. The first-order chi connectivity index (χ1) is 14.9. The van der Waals surface area contributed by atoms with E-state index in [0.717, 1.165) is 33.4 Å². The topological polar surface area (TPSA) is 26.3 Å². The molecule has 2 aliphatic rings. The molecule has 0 saturated carbocycles. The first-order valence-electron chi connectivity index (χ1n) is 10.6. The van der Waals surface area contributed by atoms with Crippen LogP contribution >= 0.6 is 0 Å². The summed E-state index contributed by atoms with van der Waals surface area (Å²) < 4.78 is 5.11. The molecule has 2 nitrogen and oxygen atoms in total. The van der Waals surface area contributed by atoms with Crippen molar-refractivity contribution in [1.29, 1.82) is 0 Å². The van der Waals surface area contributed by atoms with Gasteiger partial charge in [-0.2, -0.15) is 0 Å². The van der Waals surface area contributed by atoms with E-state index in [9.17, 15) is 4.79 Å². The molecule has 0 aliphatic heterocycles. The van der Waals surface area contributed by atoms with Crippen molar-refractivity contribution in [3.63, 3.8) is 0 Å². The smallest absolute Gasteiger partial charge is 0.338 e. The quantitative estimate of drug-likeness (QED) is 0.383. The van der Waals surface area contributed by atoms with Crippen molar-refractivity contribution in [2.45, 2.75) is 27.7 Å². The third-order valence-electron chi connectivity index (χ3n) is 5.58. The molecule has 0 atom stereocenters. The van der Waals surface area contributed by atoms with Crippen molar-refractivity contribution in [3.8, 4) is 0 Å². The highest BCUT2D eigenvalue weighted by Gasteiger charge is 2.24. The van der Waals surface area contributed by atoms with Crippen LogP contribution < -0.4 is 0 Å². The van der Waals surface area contributed by atoms with Crippen LogP contribution in [0.3, 0.4) is 0 Å². The highest BCUT2D eigenvalue weighted by Crippen LogP contribution is 2.37. The summed E-state index contributed by atoms with van der Waals surface area (Å²) in [7, 11) is 1.43. The Bertz CT molecular complexity index is 1090. The normalized spacial score (nSPS) is 16.9. The summed E-state index contributed by atoms with van der Waals surface area (Å²) in [5.41, 5.74) is 8.25. The van der Waals surface area contributed by atoms with Crippen LogP contribution in [-0.4, -0.2) is 13.1 Å². The van der Waals surface area contributed by atoms with Gasteiger partial charge in [-0.05, 0) is 64.8 Å². The van der Waals surface area contributed by atoms with Crippen LogP contribution in [0.15, 0.2) is 118 Å². The Balaban J connectivity index is 2.07. The summed E-state index contributed by atoms with van der Waals surface area (Å²) >= 11 is 0. The number of fused-ring (bicyclic) bond motifs is 1. The standard InChI is InChI=1S/C29H30O2/c1-20(2)25-16-15-21(3)28-26(29(30)31-5)18-17-24(22(4)27(28)19-25)14-10-9-13-23-11-7-6-8-12-23/h6-20H,1-5H3. The molecule has 2 aliphatic carbocycles. The number of carbonyl (C=O) groups excluding carboxylic acids is 1. The SMILES string of the molecule is COC(=O)C1=C2C(C)=CC=C(C(C)C)C=C2C(C)=C(C=CC=Cc2ccccc2)C=C1. The fraction of sp³-hybridized carbons (Fsp3) is 0.207. The second kappa shape index (κ2) is 10.1. The first-order valence-corrected chi connectivity index (χ1v) is 10.6. The van der Waals surface area contributed by atoms with Crippen LogP contribution in [0.4, 0.5) is 0 Å². The van der Waals surface area contributed by atoms with Crippen LogP contribution in [0.1, 0.15) is 33.3 Å². The van der Waals surface area contributed by atoms with Crippen molar-refractivity contribution >= 4 is 12.0 Å². The van der Waals surface area contributed by atoms with E-state index >= 15 is 0 Å². The predicted octanol–water partition coefficient (Wildman–Crippen LogP) is 7.08. The van der Waals surface area contributed by atoms with E-state index in [-0.39, 0.29) is 5.97 Å². The number of hydrogen-bond donors (Lipinski definition) is 0. The number of esters is 1. The maximum atomic E-state index is 12.6. The molecule has 1 aromatic rings. The Labute approximate surface area is 186 Å². The van der Waals surface area contributed by atoms with Gasteiger partial charge in [-0.1, -0.05) is 92.8 Å². The van der Waals surface area contributed by atoms with E-state index in [1.165, 1.54) is 12.7 Å². The first kappa shape index (κ1) is 22.3. The van der Waals surface area contributed by atoms with Gasteiger partial charge < -0.3 is 4.74 Å². The van der Waals surface area contributed by atoms with Crippen LogP contribution in [0.5, 0.6) is 0 Å². The molecule has 0 saturated heterocycles. The maximum Gasteiger partial charge on any atom is 0.338 e. The molecule has 3 rings (SSSR count). The van der Waals surface area contributed by atoms with Crippen molar-refractivity contribution in [1.82, 2.24) is 0 Å². The number of carbonyl (C=O) groups is 1. The van der Waals surface area contributed by atoms with Crippen LogP contribution in [0, 0.1) is 5.92 Å². The van der Waals surface area contributed by atoms with Gasteiger partial charge >= 0.3 is 5.97 Å². The highest BCUT2D eigenvalue weighted by atomic mass is 16.5. The second-order valence-electron chi connectivity index (χ2n) is 8.05. The predicted molar refractivity (Wildman–Crippen MR) is 130 cm³/mol. The van der Waals surface area contributed by atoms with Gasteiger partial charge in [0.05, 0.1) is 12.7 Å². The lowest BCUT2D eigenvalue weighted by Crippen LogP contribution is -2.08. The largest absolute Gasteiger partial charge is 0.465 e. The lowest BCUT2D eigenvalue weighted by Gasteiger charge is -2.16. The number of benzene rings is 1. The lowest BCUT2D eigenvalue weighted by atomic mass is 9.88. The number of rotatable bonds is 5. The third-order valence-corrected chi connectivity index (χ3v) is 5.58. The van der Waals surface area contributed by atoms with Gasteiger partial charge in [0.2, 0.25) is 0 Å². The van der Waals surface area contributed by atoms with Gasteiger partial charge in [0, 0.05) is 0 Å². The zero-order valence-electron chi connectivity index (χ0n) is 19.0. The Hall–Kier alpha value is -3.39.